The SMILES string of the molecule is O=C(Nc1ccc(Oc2ccnc3[nH]ccc23)cc1)c1cn(-c2ccc(F)c(Cl)c2)c2ncccc2c1=O. The molecule has 4 heterocycles. The van der Waals surface area contributed by atoms with Crippen LogP contribution in [0.5, 0.6) is 11.5 Å². The normalized spacial score (nSPS) is 11.1. The fourth-order valence-corrected chi connectivity index (χ4v) is 4.28. The zero-order valence-electron chi connectivity index (χ0n) is 19.5. The number of fused-ring (bicyclic) bond motifs is 2. The van der Waals surface area contributed by atoms with E-state index in [1.54, 1.807) is 54.9 Å². The minimum Gasteiger partial charge on any atom is -0.457 e. The van der Waals surface area contributed by atoms with E-state index < -0.39 is 17.2 Å². The van der Waals surface area contributed by atoms with Gasteiger partial charge in [0.05, 0.1) is 15.8 Å². The summed E-state index contributed by atoms with van der Waals surface area (Å²) in [5.41, 5.74) is 1.34. The molecular weight excluding hydrogens is 509 g/mol. The van der Waals surface area contributed by atoms with Crippen LogP contribution in [0.4, 0.5) is 10.1 Å². The summed E-state index contributed by atoms with van der Waals surface area (Å²) >= 11 is 5.98. The Morgan fingerprint density at radius 3 is 2.66 bits per heavy atom. The van der Waals surface area contributed by atoms with Gasteiger partial charge in [-0.25, -0.2) is 14.4 Å². The van der Waals surface area contributed by atoms with Gasteiger partial charge in [0, 0.05) is 36.2 Å². The minimum atomic E-state index is -0.612. The third-order valence-electron chi connectivity index (χ3n) is 5.95. The number of anilines is 1. The highest BCUT2D eigenvalue weighted by molar-refractivity contribution is 6.30. The number of halogens is 2. The van der Waals surface area contributed by atoms with Crippen LogP contribution < -0.4 is 15.5 Å². The van der Waals surface area contributed by atoms with E-state index in [2.05, 4.69) is 20.3 Å². The number of aromatic nitrogens is 4. The van der Waals surface area contributed by atoms with Crippen LogP contribution in [-0.2, 0) is 0 Å². The smallest absolute Gasteiger partial charge is 0.261 e. The number of pyridine rings is 3. The molecule has 186 valence electrons. The molecule has 0 saturated heterocycles. The number of nitrogens with zero attached hydrogens (tertiary/aromatic N) is 3. The molecule has 2 N–H and O–H groups in total. The maximum absolute atomic E-state index is 13.8. The lowest BCUT2D eigenvalue weighted by Gasteiger charge is -2.13. The van der Waals surface area contributed by atoms with E-state index in [0.717, 1.165) is 5.39 Å². The zero-order chi connectivity index (χ0) is 26.2. The molecule has 8 nitrogen and oxygen atoms in total. The Hall–Kier alpha value is -5.02. The van der Waals surface area contributed by atoms with E-state index in [4.69, 9.17) is 16.3 Å². The standard InChI is InChI=1S/C28H17ClFN5O3/c29-22-14-17(5-8-23(22)30)35-15-21(25(36)20-2-1-11-33-27(20)35)28(37)34-16-3-6-18(7-4-16)38-24-10-13-32-26-19(24)9-12-31-26/h1-15H,(H,31,32)(H,34,37). The Morgan fingerprint density at radius 1 is 1.00 bits per heavy atom. The van der Waals surface area contributed by atoms with Gasteiger partial charge >= 0.3 is 0 Å². The minimum absolute atomic E-state index is 0.0948. The molecule has 0 radical (unpaired) electrons. The molecule has 0 aliphatic rings. The predicted molar refractivity (Wildman–Crippen MR) is 143 cm³/mol. The molecule has 0 spiro atoms. The quantitative estimate of drug-likeness (QED) is 0.283. The number of rotatable bonds is 5. The van der Waals surface area contributed by atoms with Gasteiger partial charge in [0.15, 0.2) is 0 Å². The van der Waals surface area contributed by atoms with Gasteiger partial charge in [-0.05, 0) is 66.7 Å². The number of carbonyl (C=O) groups is 1. The number of amides is 1. The largest absolute Gasteiger partial charge is 0.457 e. The first-order valence-corrected chi connectivity index (χ1v) is 11.8. The predicted octanol–water partition coefficient (Wildman–Crippen LogP) is 6.10. The summed E-state index contributed by atoms with van der Waals surface area (Å²) in [4.78, 5) is 37.9. The van der Waals surface area contributed by atoms with E-state index in [1.807, 2.05) is 6.07 Å². The number of ether oxygens (including phenoxy) is 1. The van der Waals surface area contributed by atoms with Crippen LogP contribution in [0.3, 0.4) is 0 Å². The summed E-state index contributed by atoms with van der Waals surface area (Å²) in [5.74, 6) is 0.00314. The van der Waals surface area contributed by atoms with Crippen LogP contribution >= 0.6 is 11.6 Å². The van der Waals surface area contributed by atoms with Crippen molar-refractivity contribution in [2.75, 3.05) is 5.32 Å². The zero-order valence-corrected chi connectivity index (χ0v) is 20.2. The van der Waals surface area contributed by atoms with Crippen molar-refractivity contribution in [3.63, 3.8) is 0 Å². The van der Waals surface area contributed by atoms with Crippen molar-refractivity contribution in [2.45, 2.75) is 0 Å². The van der Waals surface area contributed by atoms with Crippen LogP contribution in [0.25, 0.3) is 27.8 Å². The summed E-state index contributed by atoms with van der Waals surface area (Å²) in [7, 11) is 0. The van der Waals surface area contributed by atoms with Crippen molar-refractivity contribution < 1.29 is 13.9 Å². The number of nitrogens with one attached hydrogen (secondary N) is 2. The van der Waals surface area contributed by atoms with Crippen molar-refractivity contribution in [2.24, 2.45) is 0 Å². The first-order chi connectivity index (χ1) is 18.5. The second-order valence-corrected chi connectivity index (χ2v) is 8.75. The Labute approximate surface area is 219 Å². The van der Waals surface area contributed by atoms with E-state index in [0.29, 0.717) is 34.2 Å². The van der Waals surface area contributed by atoms with Crippen molar-refractivity contribution in [1.29, 1.82) is 0 Å². The van der Waals surface area contributed by atoms with E-state index in [9.17, 15) is 14.0 Å². The van der Waals surface area contributed by atoms with E-state index in [1.165, 1.54) is 35.2 Å². The lowest BCUT2D eigenvalue weighted by Crippen LogP contribution is -2.24. The van der Waals surface area contributed by atoms with E-state index >= 15 is 0 Å². The van der Waals surface area contributed by atoms with Crippen LogP contribution in [-0.4, -0.2) is 25.4 Å². The van der Waals surface area contributed by atoms with Gasteiger partial charge in [0.2, 0.25) is 5.43 Å². The van der Waals surface area contributed by atoms with Gasteiger partial charge < -0.3 is 19.6 Å². The average Bonchev–Trinajstić information content (AvgIpc) is 3.42. The Balaban J connectivity index is 1.30. The Bertz CT molecular complexity index is 1900. The van der Waals surface area contributed by atoms with Crippen LogP contribution in [0.2, 0.25) is 5.02 Å². The molecule has 38 heavy (non-hydrogen) atoms. The summed E-state index contributed by atoms with van der Waals surface area (Å²) < 4.78 is 21.3. The van der Waals surface area contributed by atoms with Crippen molar-refractivity contribution in [3.05, 3.63) is 118 Å². The Morgan fingerprint density at radius 2 is 1.84 bits per heavy atom. The highest BCUT2D eigenvalue weighted by Gasteiger charge is 2.18. The number of hydrogen-bond donors (Lipinski definition) is 2. The second-order valence-electron chi connectivity index (χ2n) is 8.34. The fraction of sp³-hybridized carbons (Fsp3) is 0. The number of aromatic amines is 1. The monoisotopic (exact) mass is 525 g/mol. The average molecular weight is 526 g/mol. The lowest BCUT2D eigenvalue weighted by atomic mass is 10.1. The molecule has 2 aromatic carbocycles. The lowest BCUT2D eigenvalue weighted by molar-refractivity contribution is 0.102. The second kappa shape index (κ2) is 9.45. The van der Waals surface area contributed by atoms with Gasteiger partial charge in [-0.15, -0.1) is 0 Å². The highest BCUT2D eigenvalue weighted by atomic mass is 35.5. The number of H-pyrrole nitrogens is 1. The van der Waals surface area contributed by atoms with Gasteiger partial charge in [-0.3, -0.25) is 9.59 Å². The molecule has 0 fully saturated rings. The molecule has 6 rings (SSSR count). The number of benzene rings is 2. The maximum Gasteiger partial charge on any atom is 0.261 e. The van der Waals surface area contributed by atoms with Crippen LogP contribution in [0.1, 0.15) is 10.4 Å². The first kappa shape index (κ1) is 23.4. The maximum atomic E-state index is 13.8. The Kier molecular flexibility index (Phi) is 5.82. The van der Waals surface area contributed by atoms with Gasteiger partial charge in [-0.2, -0.15) is 0 Å². The molecule has 0 aliphatic carbocycles. The topological polar surface area (TPSA) is 102 Å². The summed E-state index contributed by atoms with van der Waals surface area (Å²) in [6.45, 7) is 0. The van der Waals surface area contributed by atoms with Crippen molar-refractivity contribution in [3.8, 4) is 17.2 Å². The van der Waals surface area contributed by atoms with Crippen molar-refractivity contribution in [1.82, 2.24) is 19.5 Å². The molecule has 0 atom stereocenters. The molecule has 0 aliphatic heterocycles. The van der Waals surface area contributed by atoms with Gasteiger partial charge in [-0.1, -0.05) is 11.6 Å². The van der Waals surface area contributed by atoms with Gasteiger partial charge in [0.25, 0.3) is 5.91 Å². The number of carbonyl (C=O) groups excluding carboxylic acids is 1. The van der Waals surface area contributed by atoms with Crippen molar-refractivity contribution >= 4 is 45.3 Å². The summed E-state index contributed by atoms with van der Waals surface area (Å²) in [6.07, 6.45) is 6.33. The third kappa shape index (κ3) is 4.25. The molecule has 1 amide bonds. The van der Waals surface area contributed by atoms with Gasteiger partial charge in [0.1, 0.15) is 34.2 Å². The molecule has 0 bridgehead atoms. The molecule has 10 heteroatoms. The number of hydrogen-bond acceptors (Lipinski definition) is 5. The fourth-order valence-electron chi connectivity index (χ4n) is 4.11. The van der Waals surface area contributed by atoms with Crippen LogP contribution in [0.15, 0.2) is 96.3 Å². The molecule has 4 aromatic heterocycles. The summed E-state index contributed by atoms with van der Waals surface area (Å²) in [6, 6.07) is 17.7. The summed E-state index contributed by atoms with van der Waals surface area (Å²) in [5, 5.41) is 3.73. The first-order valence-electron chi connectivity index (χ1n) is 11.4. The molecule has 0 unspecified atom stereocenters. The molecule has 6 aromatic rings. The van der Waals surface area contributed by atoms with E-state index in [-0.39, 0.29) is 16.0 Å². The third-order valence-corrected chi connectivity index (χ3v) is 6.24. The highest BCUT2D eigenvalue weighted by Crippen LogP contribution is 2.29. The molecule has 0 saturated carbocycles. The molecular formula is C28H17ClFN5O3. The van der Waals surface area contributed by atoms with Crippen LogP contribution in [0, 0.1) is 5.82 Å².